The summed E-state index contributed by atoms with van der Waals surface area (Å²) < 4.78 is 12.2. The molecule has 2 N–H and O–H groups in total. The number of benzene rings is 2. The molecule has 0 atom stereocenters. The average molecular weight is 399 g/mol. The van der Waals surface area contributed by atoms with Crippen LogP contribution in [0.1, 0.15) is 31.9 Å². The number of nitrogens with zero attached hydrogens (tertiary/aromatic N) is 3. The summed E-state index contributed by atoms with van der Waals surface area (Å²) in [4.78, 5) is 0. The van der Waals surface area contributed by atoms with Crippen molar-refractivity contribution in [2.75, 3.05) is 20.1 Å². The zero-order valence-electron chi connectivity index (χ0n) is 16.9. The molecule has 7 heteroatoms. The van der Waals surface area contributed by atoms with Crippen LogP contribution >= 0.6 is 11.8 Å². The Morgan fingerprint density at radius 3 is 2.32 bits per heavy atom. The number of aromatic nitrogens is 3. The smallest absolute Gasteiger partial charge is 0.210 e. The fourth-order valence-corrected chi connectivity index (χ4v) is 3.60. The third-order valence-corrected chi connectivity index (χ3v) is 5.52. The molecule has 0 aliphatic carbocycles. The van der Waals surface area contributed by atoms with Gasteiger partial charge in [0.05, 0.1) is 19.8 Å². The zero-order chi connectivity index (χ0) is 20.3. The highest BCUT2D eigenvalue weighted by Crippen LogP contribution is 2.33. The molecule has 28 heavy (non-hydrogen) atoms. The quantitative estimate of drug-likeness (QED) is 0.494. The molecule has 0 bridgehead atoms. The Morgan fingerprint density at radius 1 is 1.00 bits per heavy atom. The van der Waals surface area contributed by atoms with Crippen LogP contribution in [0.3, 0.4) is 0 Å². The minimum Gasteiger partial charge on any atom is -0.497 e. The van der Waals surface area contributed by atoms with Crippen LogP contribution < -0.4 is 15.3 Å². The van der Waals surface area contributed by atoms with E-state index in [0.717, 1.165) is 11.3 Å². The van der Waals surface area contributed by atoms with Gasteiger partial charge >= 0.3 is 0 Å². The SMILES string of the molecule is COc1ccc(-c2nnc(SCc3ccc(C(C)(C)C)cc3)n2N)c(OC)c1. The molecule has 0 saturated heterocycles. The maximum Gasteiger partial charge on any atom is 0.210 e. The second kappa shape index (κ2) is 8.14. The van der Waals surface area contributed by atoms with Crippen LogP contribution in [-0.2, 0) is 11.2 Å². The maximum absolute atomic E-state index is 6.26. The van der Waals surface area contributed by atoms with E-state index in [-0.39, 0.29) is 5.41 Å². The summed E-state index contributed by atoms with van der Waals surface area (Å²) in [6, 6.07) is 14.2. The van der Waals surface area contributed by atoms with Gasteiger partial charge in [0, 0.05) is 11.8 Å². The van der Waals surface area contributed by atoms with Crippen molar-refractivity contribution in [3.8, 4) is 22.9 Å². The van der Waals surface area contributed by atoms with E-state index in [9.17, 15) is 0 Å². The number of rotatable bonds is 6. The molecule has 0 amide bonds. The van der Waals surface area contributed by atoms with Gasteiger partial charge in [0.1, 0.15) is 11.5 Å². The minimum absolute atomic E-state index is 0.148. The van der Waals surface area contributed by atoms with Crippen molar-refractivity contribution < 1.29 is 9.47 Å². The first kappa shape index (κ1) is 20.1. The van der Waals surface area contributed by atoms with E-state index >= 15 is 0 Å². The lowest BCUT2D eigenvalue weighted by Crippen LogP contribution is -2.12. The van der Waals surface area contributed by atoms with Crippen LogP contribution in [0.15, 0.2) is 47.6 Å². The van der Waals surface area contributed by atoms with Crippen molar-refractivity contribution in [3.05, 3.63) is 53.6 Å². The summed E-state index contributed by atoms with van der Waals surface area (Å²) >= 11 is 1.55. The Labute approximate surface area is 170 Å². The normalized spacial score (nSPS) is 11.5. The molecule has 0 aliphatic heterocycles. The van der Waals surface area contributed by atoms with Crippen LogP contribution in [0.2, 0.25) is 0 Å². The van der Waals surface area contributed by atoms with Crippen LogP contribution in [0.4, 0.5) is 0 Å². The predicted molar refractivity (Wildman–Crippen MR) is 113 cm³/mol. The van der Waals surface area contributed by atoms with E-state index in [1.165, 1.54) is 15.8 Å². The molecule has 0 fully saturated rings. The molecule has 0 saturated carbocycles. The Kier molecular flexibility index (Phi) is 5.84. The standard InChI is InChI=1S/C21H26N4O2S/c1-21(2,3)15-8-6-14(7-9-15)13-28-20-24-23-19(25(20)22)17-11-10-16(26-4)12-18(17)27-5/h6-12H,13,22H2,1-5H3. The number of methoxy groups -OCH3 is 2. The van der Waals surface area contributed by atoms with Gasteiger partial charge in [-0.3, -0.25) is 0 Å². The Balaban J connectivity index is 1.77. The summed E-state index contributed by atoms with van der Waals surface area (Å²) in [7, 11) is 3.22. The van der Waals surface area contributed by atoms with Gasteiger partial charge in [-0.05, 0) is 28.7 Å². The van der Waals surface area contributed by atoms with Gasteiger partial charge in [-0.1, -0.05) is 56.8 Å². The third-order valence-electron chi connectivity index (χ3n) is 4.50. The van der Waals surface area contributed by atoms with E-state index < -0.39 is 0 Å². The molecule has 0 radical (unpaired) electrons. The first-order chi connectivity index (χ1) is 13.3. The fraction of sp³-hybridized carbons (Fsp3) is 0.333. The molecule has 3 rings (SSSR count). The topological polar surface area (TPSA) is 75.2 Å². The number of hydrogen-bond donors (Lipinski definition) is 1. The Morgan fingerprint density at radius 2 is 1.71 bits per heavy atom. The van der Waals surface area contributed by atoms with Crippen LogP contribution in [0.25, 0.3) is 11.4 Å². The number of hydrogen-bond acceptors (Lipinski definition) is 6. The second-order valence-corrected chi connectivity index (χ2v) is 8.42. The van der Waals surface area contributed by atoms with Crippen molar-refractivity contribution >= 4 is 11.8 Å². The highest BCUT2D eigenvalue weighted by molar-refractivity contribution is 7.98. The molecule has 1 heterocycles. The average Bonchev–Trinajstić information content (AvgIpc) is 3.05. The van der Waals surface area contributed by atoms with Gasteiger partial charge in [-0.2, -0.15) is 0 Å². The minimum atomic E-state index is 0.148. The number of thioether (sulfide) groups is 1. The highest BCUT2D eigenvalue weighted by Gasteiger charge is 2.17. The van der Waals surface area contributed by atoms with Gasteiger partial charge < -0.3 is 15.3 Å². The maximum atomic E-state index is 6.26. The zero-order valence-corrected chi connectivity index (χ0v) is 17.7. The van der Waals surface area contributed by atoms with Crippen LogP contribution in [0.5, 0.6) is 11.5 Å². The highest BCUT2D eigenvalue weighted by atomic mass is 32.2. The van der Waals surface area contributed by atoms with E-state index in [1.54, 1.807) is 32.0 Å². The molecule has 3 aromatic rings. The van der Waals surface area contributed by atoms with Crippen LogP contribution in [0, 0.1) is 0 Å². The van der Waals surface area contributed by atoms with Crippen molar-refractivity contribution in [2.24, 2.45) is 0 Å². The van der Waals surface area contributed by atoms with Gasteiger partial charge in [-0.25, -0.2) is 4.68 Å². The first-order valence-corrected chi connectivity index (χ1v) is 9.97. The lowest BCUT2D eigenvalue weighted by atomic mass is 9.87. The molecule has 6 nitrogen and oxygen atoms in total. The lowest BCUT2D eigenvalue weighted by Gasteiger charge is -2.19. The molecular formula is C21H26N4O2S. The van der Waals surface area contributed by atoms with Crippen molar-refractivity contribution in [2.45, 2.75) is 37.1 Å². The molecule has 0 spiro atoms. The van der Waals surface area contributed by atoms with Crippen LogP contribution in [-0.4, -0.2) is 29.1 Å². The van der Waals surface area contributed by atoms with Gasteiger partial charge in [-0.15, -0.1) is 10.2 Å². The van der Waals surface area contributed by atoms with E-state index in [4.69, 9.17) is 15.3 Å². The molecule has 148 valence electrons. The van der Waals surface area contributed by atoms with Crippen molar-refractivity contribution in [1.29, 1.82) is 0 Å². The largest absolute Gasteiger partial charge is 0.497 e. The molecule has 0 aliphatic rings. The number of nitrogens with two attached hydrogens (primary N) is 1. The summed E-state index contributed by atoms with van der Waals surface area (Å²) in [5, 5.41) is 9.15. The predicted octanol–water partition coefficient (Wildman–Crippen LogP) is 4.27. The lowest BCUT2D eigenvalue weighted by molar-refractivity contribution is 0.395. The monoisotopic (exact) mass is 398 g/mol. The molecule has 1 aromatic heterocycles. The molecule has 0 unspecified atom stereocenters. The summed E-state index contributed by atoms with van der Waals surface area (Å²) in [5.74, 6) is 8.91. The van der Waals surface area contributed by atoms with Gasteiger partial charge in [0.2, 0.25) is 5.16 Å². The molecular weight excluding hydrogens is 372 g/mol. The second-order valence-electron chi connectivity index (χ2n) is 7.48. The third kappa shape index (κ3) is 4.25. The number of ether oxygens (including phenoxy) is 2. The molecule has 2 aromatic carbocycles. The van der Waals surface area contributed by atoms with Gasteiger partial charge in [0.15, 0.2) is 5.82 Å². The summed E-state index contributed by atoms with van der Waals surface area (Å²) in [5.41, 5.74) is 3.44. The van der Waals surface area contributed by atoms with Crippen molar-refractivity contribution in [1.82, 2.24) is 14.9 Å². The van der Waals surface area contributed by atoms with Crippen molar-refractivity contribution in [3.63, 3.8) is 0 Å². The van der Waals surface area contributed by atoms with E-state index in [0.29, 0.717) is 22.5 Å². The van der Waals surface area contributed by atoms with E-state index in [1.807, 2.05) is 12.1 Å². The van der Waals surface area contributed by atoms with Gasteiger partial charge in [0.25, 0.3) is 0 Å². The Hall–Kier alpha value is -2.67. The Bertz CT molecular complexity index is 946. The number of nitrogen functional groups attached to an aromatic ring is 1. The fourth-order valence-electron chi connectivity index (χ4n) is 2.79. The summed E-state index contributed by atoms with van der Waals surface area (Å²) in [6.07, 6.45) is 0. The summed E-state index contributed by atoms with van der Waals surface area (Å²) in [6.45, 7) is 6.63. The first-order valence-electron chi connectivity index (χ1n) is 8.98. The van der Waals surface area contributed by atoms with E-state index in [2.05, 4.69) is 55.2 Å².